The number of nitrogens with one attached hydrogen (secondary N) is 1. The molecule has 15 heavy (non-hydrogen) atoms. The number of carbonyl (C=O) groups is 1. The molecule has 1 atom stereocenters. The average molecular weight is 214 g/mol. The number of hydrogen-bond acceptors (Lipinski definition) is 3. The highest BCUT2D eigenvalue weighted by Gasteiger charge is 2.18. The summed E-state index contributed by atoms with van der Waals surface area (Å²) in [7, 11) is 0. The molecule has 4 heteroatoms. The summed E-state index contributed by atoms with van der Waals surface area (Å²) in [4.78, 5) is 13.5. The molecule has 0 saturated carbocycles. The Morgan fingerprint density at radius 2 is 2.33 bits per heavy atom. The van der Waals surface area contributed by atoms with Crippen molar-refractivity contribution in [1.82, 2.24) is 10.2 Å². The molecule has 0 aromatic carbocycles. The van der Waals surface area contributed by atoms with E-state index in [0.29, 0.717) is 19.6 Å². The number of hydrogen-bond donors (Lipinski definition) is 2. The van der Waals surface area contributed by atoms with Gasteiger partial charge >= 0.3 is 0 Å². The number of aliphatic hydroxyl groups excluding tert-OH is 1. The van der Waals surface area contributed by atoms with E-state index in [1.54, 1.807) is 6.08 Å². The quantitative estimate of drug-likeness (QED) is 0.574. The molecule has 4 nitrogen and oxygen atoms in total. The lowest BCUT2D eigenvalue weighted by Crippen LogP contribution is -2.46. The van der Waals surface area contributed by atoms with Crippen LogP contribution in [0.1, 0.15) is 20.3 Å². The number of rotatable bonds is 8. The van der Waals surface area contributed by atoms with Crippen molar-refractivity contribution in [2.75, 3.05) is 26.2 Å². The Morgan fingerprint density at radius 3 is 2.80 bits per heavy atom. The van der Waals surface area contributed by atoms with Crippen molar-refractivity contribution in [2.45, 2.75) is 26.3 Å². The van der Waals surface area contributed by atoms with E-state index in [-0.39, 0.29) is 18.6 Å². The van der Waals surface area contributed by atoms with Gasteiger partial charge < -0.3 is 10.4 Å². The van der Waals surface area contributed by atoms with Crippen LogP contribution < -0.4 is 5.32 Å². The molecule has 1 amide bonds. The van der Waals surface area contributed by atoms with Gasteiger partial charge in [-0.1, -0.05) is 13.0 Å². The Bertz CT molecular complexity index is 195. The van der Waals surface area contributed by atoms with E-state index in [9.17, 15) is 4.79 Å². The van der Waals surface area contributed by atoms with Crippen LogP contribution in [-0.2, 0) is 4.79 Å². The van der Waals surface area contributed by atoms with Crippen LogP contribution >= 0.6 is 0 Å². The second-order valence-corrected chi connectivity index (χ2v) is 3.47. The molecule has 0 aliphatic carbocycles. The maximum absolute atomic E-state index is 11.6. The summed E-state index contributed by atoms with van der Waals surface area (Å²) in [6.07, 6.45) is 2.67. The molecule has 2 N–H and O–H groups in total. The minimum Gasteiger partial charge on any atom is -0.395 e. The molecule has 88 valence electrons. The molecule has 0 aromatic heterocycles. The number of carbonyl (C=O) groups excluding carboxylic acids is 1. The maximum Gasteiger partial charge on any atom is 0.237 e. The van der Waals surface area contributed by atoms with Crippen LogP contribution in [0, 0.1) is 0 Å². The Morgan fingerprint density at radius 1 is 1.67 bits per heavy atom. The van der Waals surface area contributed by atoms with Crippen LogP contribution in [-0.4, -0.2) is 48.2 Å². The van der Waals surface area contributed by atoms with E-state index in [0.717, 1.165) is 6.42 Å². The molecule has 0 heterocycles. The molecule has 0 saturated heterocycles. The zero-order chi connectivity index (χ0) is 11.7. The summed E-state index contributed by atoms with van der Waals surface area (Å²) in [6.45, 7) is 9.34. The first-order valence-electron chi connectivity index (χ1n) is 5.40. The van der Waals surface area contributed by atoms with E-state index in [4.69, 9.17) is 5.11 Å². The van der Waals surface area contributed by atoms with Crippen molar-refractivity contribution in [3.8, 4) is 0 Å². The topological polar surface area (TPSA) is 52.6 Å². The van der Waals surface area contributed by atoms with Gasteiger partial charge in [-0.15, -0.1) is 6.58 Å². The second kappa shape index (κ2) is 8.44. The fourth-order valence-electron chi connectivity index (χ4n) is 1.30. The van der Waals surface area contributed by atoms with Gasteiger partial charge in [-0.25, -0.2) is 0 Å². The van der Waals surface area contributed by atoms with Gasteiger partial charge in [0.25, 0.3) is 0 Å². The summed E-state index contributed by atoms with van der Waals surface area (Å²) >= 11 is 0. The summed E-state index contributed by atoms with van der Waals surface area (Å²) in [6, 6.07) is -0.221. The molecule has 0 aliphatic heterocycles. The number of nitrogens with zero attached hydrogens (tertiary/aromatic N) is 1. The minimum absolute atomic E-state index is 0.00662. The van der Waals surface area contributed by atoms with E-state index in [2.05, 4.69) is 11.9 Å². The molecular formula is C11H22N2O2. The molecule has 0 aromatic rings. The van der Waals surface area contributed by atoms with E-state index in [1.165, 1.54) is 0 Å². The third-order valence-electron chi connectivity index (χ3n) is 2.23. The average Bonchev–Trinajstić information content (AvgIpc) is 2.24. The van der Waals surface area contributed by atoms with Crippen molar-refractivity contribution in [1.29, 1.82) is 0 Å². The monoisotopic (exact) mass is 214 g/mol. The number of aliphatic hydroxyl groups is 1. The lowest BCUT2D eigenvalue weighted by atomic mass is 10.2. The predicted molar refractivity (Wildman–Crippen MR) is 61.6 cm³/mol. The largest absolute Gasteiger partial charge is 0.395 e. The first kappa shape index (κ1) is 14.1. The molecular weight excluding hydrogens is 192 g/mol. The fourth-order valence-corrected chi connectivity index (χ4v) is 1.30. The highest BCUT2D eigenvalue weighted by Crippen LogP contribution is 1.99. The summed E-state index contributed by atoms with van der Waals surface area (Å²) in [5.74, 6) is 0.00662. The van der Waals surface area contributed by atoms with Crippen molar-refractivity contribution < 1.29 is 9.90 Å². The molecule has 0 rings (SSSR count). The van der Waals surface area contributed by atoms with Crippen molar-refractivity contribution >= 4 is 5.91 Å². The Kier molecular flexibility index (Phi) is 7.95. The smallest absolute Gasteiger partial charge is 0.237 e. The minimum atomic E-state index is -0.221. The third kappa shape index (κ3) is 5.54. The van der Waals surface area contributed by atoms with Gasteiger partial charge in [-0.05, 0) is 13.3 Å². The van der Waals surface area contributed by atoms with Gasteiger partial charge in [0, 0.05) is 19.6 Å². The van der Waals surface area contributed by atoms with Crippen LogP contribution in [0.4, 0.5) is 0 Å². The number of amides is 1. The van der Waals surface area contributed by atoms with Crippen LogP contribution in [0.2, 0.25) is 0 Å². The Labute approximate surface area is 92.0 Å². The molecule has 0 bridgehead atoms. The highest BCUT2D eigenvalue weighted by molar-refractivity contribution is 5.81. The Hall–Kier alpha value is -0.870. The van der Waals surface area contributed by atoms with Crippen molar-refractivity contribution in [3.63, 3.8) is 0 Å². The lowest BCUT2D eigenvalue weighted by Gasteiger charge is -2.26. The van der Waals surface area contributed by atoms with Gasteiger partial charge in [0.2, 0.25) is 5.91 Å². The zero-order valence-electron chi connectivity index (χ0n) is 9.70. The standard InChI is InChI=1S/C11H22N2O2/c1-4-6-12-11(15)10(3)13(7-5-2)8-9-14/h5,10,14H,2,4,6-9H2,1,3H3,(H,12,15). The summed E-state index contributed by atoms with van der Waals surface area (Å²) < 4.78 is 0. The van der Waals surface area contributed by atoms with Crippen LogP contribution in [0.3, 0.4) is 0 Å². The fraction of sp³-hybridized carbons (Fsp3) is 0.727. The Balaban J connectivity index is 4.14. The summed E-state index contributed by atoms with van der Waals surface area (Å²) in [5.41, 5.74) is 0. The lowest BCUT2D eigenvalue weighted by molar-refractivity contribution is -0.125. The van der Waals surface area contributed by atoms with Gasteiger partial charge in [-0.3, -0.25) is 9.69 Å². The molecule has 0 fully saturated rings. The van der Waals surface area contributed by atoms with Crippen LogP contribution in [0.25, 0.3) is 0 Å². The van der Waals surface area contributed by atoms with Crippen LogP contribution in [0.15, 0.2) is 12.7 Å². The van der Waals surface area contributed by atoms with E-state index >= 15 is 0 Å². The van der Waals surface area contributed by atoms with Gasteiger partial charge in [-0.2, -0.15) is 0 Å². The summed E-state index contributed by atoms with van der Waals surface area (Å²) in [5, 5.41) is 11.7. The van der Waals surface area contributed by atoms with Gasteiger partial charge in [0.1, 0.15) is 0 Å². The van der Waals surface area contributed by atoms with E-state index < -0.39 is 0 Å². The molecule has 0 radical (unpaired) electrons. The zero-order valence-corrected chi connectivity index (χ0v) is 9.70. The molecule has 1 unspecified atom stereocenters. The van der Waals surface area contributed by atoms with Crippen molar-refractivity contribution in [3.05, 3.63) is 12.7 Å². The third-order valence-corrected chi connectivity index (χ3v) is 2.23. The van der Waals surface area contributed by atoms with Crippen molar-refractivity contribution in [2.24, 2.45) is 0 Å². The van der Waals surface area contributed by atoms with Gasteiger partial charge in [0.05, 0.1) is 12.6 Å². The molecule has 0 aliphatic rings. The highest BCUT2D eigenvalue weighted by atomic mass is 16.3. The SMILES string of the molecule is C=CCN(CCO)C(C)C(=O)NCCC. The first-order valence-corrected chi connectivity index (χ1v) is 5.40. The van der Waals surface area contributed by atoms with Gasteiger partial charge in [0.15, 0.2) is 0 Å². The molecule has 0 spiro atoms. The normalized spacial score (nSPS) is 12.5. The van der Waals surface area contributed by atoms with E-state index in [1.807, 2.05) is 18.7 Å². The predicted octanol–water partition coefficient (Wildman–Crippen LogP) is 0.381. The van der Waals surface area contributed by atoms with Crippen LogP contribution in [0.5, 0.6) is 0 Å². The first-order chi connectivity index (χ1) is 7.17. The maximum atomic E-state index is 11.6. The second-order valence-electron chi connectivity index (χ2n) is 3.47.